The van der Waals surface area contributed by atoms with Crippen LogP contribution in [-0.2, 0) is 14.5 Å². The Labute approximate surface area is 144 Å². The average Bonchev–Trinajstić information content (AvgIpc) is 2.53. The summed E-state index contributed by atoms with van der Waals surface area (Å²) in [6.07, 6.45) is -0.0842. The molecule has 0 radical (unpaired) electrons. The lowest BCUT2D eigenvalue weighted by molar-refractivity contribution is 0.103. The van der Waals surface area contributed by atoms with Crippen LogP contribution in [0.1, 0.15) is 56.1 Å². The number of hydrogen-bond acceptors (Lipinski definition) is 3. The molecule has 0 aliphatic rings. The van der Waals surface area contributed by atoms with Crippen molar-refractivity contribution in [2.75, 3.05) is 0 Å². The van der Waals surface area contributed by atoms with E-state index in [0.29, 0.717) is 16.4 Å². The summed E-state index contributed by atoms with van der Waals surface area (Å²) in [5.74, 6) is -0.0357. The lowest BCUT2D eigenvalue weighted by Crippen LogP contribution is -2.11. The van der Waals surface area contributed by atoms with Crippen molar-refractivity contribution in [1.82, 2.24) is 0 Å². The Morgan fingerprint density at radius 3 is 1.79 bits per heavy atom. The Morgan fingerprint density at radius 1 is 0.917 bits per heavy atom. The fraction of sp³-hybridized carbons (Fsp3) is 0.350. The van der Waals surface area contributed by atoms with E-state index in [-0.39, 0.29) is 17.3 Å². The average molecular weight is 344 g/mol. The van der Waals surface area contributed by atoms with Gasteiger partial charge in [0.25, 0.3) is 0 Å². The van der Waals surface area contributed by atoms with Gasteiger partial charge in [0.1, 0.15) is 0 Å². The van der Waals surface area contributed by atoms with E-state index >= 15 is 0 Å². The molecule has 0 saturated heterocycles. The van der Waals surface area contributed by atoms with Gasteiger partial charge in [-0.15, -0.1) is 0 Å². The number of ketones is 1. The molecule has 0 aliphatic carbocycles. The van der Waals surface area contributed by atoms with Crippen LogP contribution in [0.5, 0.6) is 0 Å². The van der Waals surface area contributed by atoms with Gasteiger partial charge in [0.05, 0.1) is 6.10 Å². The first-order valence-corrected chi connectivity index (χ1v) is 9.46. The van der Waals surface area contributed by atoms with Crippen LogP contribution < -0.4 is 5.30 Å². The van der Waals surface area contributed by atoms with Gasteiger partial charge in [-0.25, -0.2) is 0 Å². The van der Waals surface area contributed by atoms with E-state index in [1.807, 2.05) is 38.1 Å². The lowest BCUT2D eigenvalue weighted by Gasteiger charge is -2.19. The van der Waals surface area contributed by atoms with Crippen LogP contribution in [0.15, 0.2) is 48.5 Å². The zero-order valence-electron chi connectivity index (χ0n) is 14.9. The molecule has 2 rings (SSSR count). The molecule has 128 valence electrons. The summed E-state index contributed by atoms with van der Waals surface area (Å²) in [7, 11) is -2.26. The van der Waals surface area contributed by atoms with Gasteiger partial charge in [-0.05, 0) is 37.0 Å². The summed E-state index contributed by atoms with van der Waals surface area (Å²) >= 11 is 0. The summed E-state index contributed by atoms with van der Waals surface area (Å²) in [6.45, 7) is 10.1. The van der Waals surface area contributed by atoms with Crippen LogP contribution >= 0.6 is 8.03 Å². The Hall–Kier alpha value is -1.70. The normalized spacial score (nSPS) is 13.1. The molecule has 1 atom stereocenters. The molecule has 2 aromatic carbocycles. The van der Waals surface area contributed by atoms with Crippen molar-refractivity contribution in [3.8, 4) is 0 Å². The zero-order chi connectivity index (χ0) is 17.9. The Morgan fingerprint density at radius 2 is 1.38 bits per heavy atom. The fourth-order valence-corrected chi connectivity index (χ4v) is 3.33. The fourth-order valence-electron chi connectivity index (χ4n) is 2.33. The Kier molecular flexibility index (Phi) is 5.79. The van der Waals surface area contributed by atoms with Crippen LogP contribution in [0.3, 0.4) is 0 Å². The van der Waals surface area contributed by atoms with Gasteiger partial charge in [0.15, 0.2) is 5.78 Å². The minimum absolute atomic E-state index is 0.0357. The Bertz CT molecular complexity index is 723. The minimum Gasteiger partial charge on any atom is -0.325 e. The maximum Gasteiger partial charge on any atom is 0.220 e. The molecule has 2 aromatic rings. The monoisotopic (exact) mass is 344 g/mol. The number of benzene rings is 2. The summed E-state index contributed by atoms with van der Waals surface area (Å²) in [6, 6.07) is 14.6. The molecule has 0 aromatic heterocycles. The molecule has 4 heteroatoms. The summed E-state index contributed by atoms with van der Waals surface area (Å²) in [4.78, 5) is 12.6. The first-order chi connectivity index (χ1) is 11.2. The van der Waals surface area contributed by atoms with Crippen molar-refractivity contribution in [3.63, 3.8) is 0 Å². The van der Waals surface area contributed by atoms with Crippen LogP contribution in [-0.4, -0.2) is 11.9 Å². The molecular formula is C20H25O3P. The van der Waals surface area contributed by atoms with E-state index < -0.39 is 8.03 Å². The molecule has 0 fully saturated rings. The predicted octanol–water partition coefficient (Wildman–Crippen LogP) is 4.74. The first-order valence-electron chi connectivity index (χ1n) is 8.15. The molecule has 24 heavy (non-hydrogen) atoms. The SMILES string of the molecule is CC(C)O[PH](=O)c1ccc(C(=O)c2ccc(C(C)(C)C)cc2)cc1. The van der Waals surface area contributed by atoms with E-state index in [4.69, 9.17) is 4.52 Å². The van der Waals surface area contributed by atoms with Gasteiger partial charge >= 0.3 is 0 Å². The summed E-state index contributed by atoms with van der Waals surface area (Å²) in [5.41, 5.74) is 2.49. The summed E-state index contributed by atoms with van der Waals surface area (Å²) < 4.78 is 17.3. The third kappa shape index (κ3) is 4.66. The molecule has 0 saturated carbocycles. The zero-order valence-corrected chi connectivity index (χ0v) is 15.9. The van der Waals surface area contributed by atoms with Crippen molar-refractivity contribution >= 4 is 19.1 Å². The first kappa shape index (κ1) is 18.6. The third-order valence-electron chi connectivity index (χ3n) is 3.74. The van der Waals surface area contributed by atoms with Crippen molar-refractivity contribution in [1.29, 1.82) is 0 Å². The van der Waals surface area contributed by atoms with Gasteiger partial charge in [0.2, 0.25) is 8.03 Å². The molecule has 0 heterocycles. The second kappa shape index (κ2) is 7.46. The van der Waals surface area contributed by atoms with Gasteiger partial charge in [0, 0.05) is 16.4 Å². The molecule has 0 amide bonds. The molecule has 0 aliphatic heterocycles. The third-order valence-corrected chi connectivity index (χ3v) is 5.23. The summed E-state index contributed by atoms with van der Waals surface area (Å²) in [5, 5.41) is 0.633. The standard InChI is InChI=1S/C20H25O3P/c1-14(2)23-24(22)18-12-8-16(9-13-18)19(21)15-6-10-17(11-7-15)20(3,4)5/h6-14,24H,1-5H3. The van der Waals surface area contributed by atoms with Crippen molar-refractivity contribution in [2.24, 2.45) is 0 Å². The molecule has 0 spiro atoms. The van der Waals surface area contributed by atoms with Crippen molar-refractivity contribution in [2.45, 2.75) is 46.1 Å². The van der Waals surface area contributed by atoms with E-state index in [0.717, 1.165) is 0 Å². The number of carbonyl (C=O) groups is 1. The lowest BCUT2D eigenvalue weighted by atomic mass is 9.86. The van der Waals surface area contributed by atoms with Gasteiger partial charge in [-0.3, -0.25) is 9.36 Å². The van der Waals surface area contributed by atoms with Gasteiger partial charge < -0.3 is 4.52 Å². The second-order valence-electron chi connectivity index (χ2n) is 7.19. The predicted molar refractivity (Wildman–Crippen MR) is 99.9 cm³/mol. The van der Waals surface area contributed by atoms with Crippen LogP contribution in [0, 0.1) is 0 Å². The number of hydrogen-bond donors (Lipinski definition) is 0. The second-order valence-corrected chi connectivity index (χ2v) is 8.58. The van der Waals surface area contributed by atoms with Crippen molar-refractivity contribution < 1.29 is 13.9 Å². The van der Waals surface area contributed by atoms with E-state index in [9.17, 15) is 9.36 Å². The minimum atomic E-state index is -2.26. The highest BCUT2D eigenvalue weighted by atomic mass is 31.1. The largest absolute Gasteiger partial charge is 0.325 e. The smallest absolute Gasteiger partial charge is 0.220 e. The quantitative estimate of drug-likeness (QED) is 0.581. The maximum atomic E-state index is 12.6. The molecule has 0 N–H and O–H groups in total. The van der Waals surface area contributed by atoms with Crippen LogP contribution in [0.2, 0.25) is 0 Å². The Balaban J connectivity index is 2.17. The van der Waals surface area contributed by atoms with Crippen LogP contribution in [0.4, 0.5) is 0 Å². The van der Waals surface area contributed by atoms with Crippen LogP contribution in [0.25, 0.3) is 0 Å². The van der Waals surface area contributed by atoms with Crippen molar-refractivity contribution in [3.05, 3.63) is 65.2 Å². The van der Waals surface area contributed by atoms with E-state index in [1.165, 1.54) is 5.56 Å². The van der Waals surface area contributed by atoms with Gasteiger partial charge in [-0.2, -0.15) is 0 Å². The maximum absolute atomic E-state index is 12.6. The number of rotatable bonds is 5. The molecule has 1 unspecified atom stereocenters. The highest BCUT2D eigenvalue weighted by molar-refractivity contribution is 7.48. The number of carbonyl (C=O) groups excluding carboxylic acids is 1. The van der Waals surface area contributed by atoms with Gasteiger partial charge in [-0.1, -0.05) is 57.2 Å². The van der Waals surface area contributed by atoms with E-state index in [2.05, 4.69) is 20.8 Å². The highest BCUT2D eigenvalue weighted by Gasteiger charge is 2.15. The topological polar surface area (TPSA) is 43.4 Å². The molecule has 3 nitrogen and oxygen atoms in total. The molecular weight excluding hydrogens is 319 g/mol. The highest BCUT2D eigenvalue weighted by Crippen LogP contribution is 2.25. The van der Waals surface area contributed by atoms with E-state index in [1.54, 1.807) is 24.3 Å². The molecule has 0 bridgehead atoms.